The van der Waals surface area contributed by atoms with E-state index in [4.69, 9.17) is 10.5 Å². The van der Waals surface area contributed by atoms with E-state index in [1.807, 2.05) is 20.2 Å². The van der Waals surface area contributed by atoms with Gasteiger partial charge in [0, 0.05) is 32.5 Å². The summed E-state index contributed by atoms with van der Waals surface area (Å²) >= 11 is 0. The van der Waals surface area contributed by atoms with Crippen molar-refractivity contribution in [2.75, 3.05) is 13.7 Å². The normalized spacial score (nSPS) is 14.4. The van der Waals surface area contributed by atoms with Gasteiger partial charge in [-0.3, -0.25) is 9.48 Å². The van der Waals surface area contributed by atoms with Crippen LogP contribution >= 0.6 is 0 Å². The molecule has 1 heterocycles. The number of rotatable bonds is 6. The van der Waals surface area contributed by atoms with Crippen LogP contribution in [0.1, 0.15) is 24.9 Å². The molecule has 0 aliphatic heterocycles. The third-order valence-electron chi connectivity index (χ3n) is 2.55. The predicted octanol–water partition coefficient (Wildman–Crippen LogP) is -0.0389. The summed E-state index contributed by atoms with van der Waals surface area (Å²) in [6, 6.07) is -0.626. The second-order valence-electron chi connectivity index (χ2n) is 4.07. The Labute approximate surface area is 101 Å². The summed E-state index contributed by atoms with van der Waals surface area (Å²) in [4.78, 5) is 11.7. The highest BCUT2D eigenvalue weighted by Gasteiger charge is 2.16. The van der Waals surface area contributed by atoms with Crippen molar-refractivity contribution in [3.8, 4) is 0 Å². The molecule has 0 aliphatic rings. The lowest BCUT2D eigenvalue weighted by atomic mass is 10.1. The van der Waals surface area contributed by atoms with Gasteiger partial charge in [0.15, 0.2) is 0 Å². The molecule has 2 atom stereocenters. The van der Waals surface area contributed by atoms with Gasteiger partial charge >= 0.3 is 0 Å². The van der Waals surface area contributed by atoms with Crippen molar-refractivity contribution in [2.24, 2.45) is 12.8 Å². The Morgan fingerprint density at radius 1 is 1.71 bits per heavy atom. The zero-order valence-electron chi connectivity index (χ0n) is 10.5. The molecule has 3 N–H and O–H groups in total. The standard InChI is InChI=1S/C11H20N4O2/c1-8(9-6-13-15(2)7-9)14-11(16)10(12)4-5-17-3/h6-8,10H,4-5,12H2,1-3H3,(H,14,16). The number of carbonyl (C=O) groups is 1. The predicted molar refractivity (Wildman–Crippen MR) is 64.2 cm³/mol. The van der Waals surface area contributed by atoms with Crippen molar-refractivity contribution >= 4 is 5.91 Å². The van der Waals surface area contributed by atoms with E-state index in [0.29, 0.717) is 13.0 Å². The summed E-state index contributed by atoms with van der Waals surface area (Å²) in [5.41, 5.74) is 6.68. The van der Waals surface area contributed by atoms with Crippen molar-refractivity contribution in [1.29, 1.82) is 0 Å². The van der Waals surface area contributed by atoms with E-state index < -0.39 is 6.04 Å². The summed E-state index contributed by atoms with van der Waals surface area (Å²) < 4.78 is 6.58. The molecule has 0 fully saturated rings. The molecule has 1 amide bonds. The van der Waals surface area contributed by atoms with E-state index in [-0.39, 0.29) is 11.9 Å². The van der Waals surface area contributed by atoms with Gasteiger partial charge in [-0.05, 0) is 13.3 Å². The number of nitrogens with zero attached hydrogens (tertiary/aromatic N) is 2. The number of nitrogens with one attached hydrogen (secondary N) is 1. The number of hydrogen-bond acceptors (Lipinski definition) is 4. The first-order chi connectivity index (χ1) is 8.04. The molecular formula is C11H20N4O2. The molecular weight excluding hydrogens is 220 g/mol. The van der Waals surface area contributed by atoms with Gasteiger partial charge in [-0.1, -0.05) is 0 Å². The summed E-state index contributed by atoms with van der Waals surface area (Å²) in [6.45, 7) is 2.38. The smallest absolute Gasteiger partial charge is 0.237 e. The van der Waals surface area contributed by atoms with Crippen LogP contribution in [-0.4, -0.2) is 35.4 Å². The molecule has 0 radical (unpaired) electrons. The second kappa shape index (κ2) is 6.36. The van der Waals surface area contributed by atoms with E-state index in [9.17, 15) is 4.79 Å². The Bertz CT molecular complexity index is 364. The summed E-state index contributed by atoms with van der Waals surface area (Å²) in [6.07, 6.45) is 4.11. The first-order valence-electron chi connectivity index (χ1n) is 5.58. The van der Waals surface area contributed by atoms with Gasteiger partial charge in [0.2, 0.25) is 5.91 Å². The Morgan fingerprint density at radius 3 is 2.94 bits per heavy atom. The molecule has 0 spiro atoms. The molecule has 1 rings (SSSR count). The SMILES string of the molecule is COCCC(N)C(=O)NC(C)c1cnn(C)c1. The van der Waals surface area contributed by atoms with Gasteiger partial charge in [-0.25, -0.2) is 0 Å². The number of methoxy groups -OCH3 is 1. The fraction of sp³-hybridized carbons (Fsp3) is 0.636. The van der Waals surface area contributed by atoms with Crippen molar-refractivity contribution < 1.29 is 9.53 Å². The minimum absolute atomic E-state index is 0.0928. The van der Waals surface area contributed by atoms with Crippen LogP contribution in [0.4, 0.5) is 0 Å². The van der Waals surface area contributed by atoms with Crippen molar-refractivity contribution in [3.63, 3.8) is 0 Å². The van der Waals surface area contributed by atoms with Crippen LogP contribution in [0.3, 0.4) is 0 Å². The molecule has 6 heteroatoms. The lowest BCUT2D eigenvalue weighted by Crippen LogP contribution is -2.42. The summed E-state index contributed by atoms with van der Waals surface area (Å²) in [7, 11) is 3.42. The quantitative estimate of drug-likeness (QED) is 0.731. The van der Waals surface area contributed by atoms with Gasteiger partial charge in [0.1, 0.15) is 0 Å². The molecule has 0 aliphatic carbocycles. The van der Waals surface area contributed by atoms with Gasteiger partial charge in [0.25, 0.3) is 0 Å². The Morgan fingerprint density at radius 2 is 2.41 bits per heavy atom. The first kappa shape index (κ1) is 13.7. The van der Waals surface area contributed by atoms with E-state index in [2.05, 4.69) is 10.4 Å². The maximum Gasteiger partial charge on any atom is 0.237 e. The van der Waals surface area contributed by atoms with Crippen LogP contribution in [0, 0.1) is 0 Å². The maximum absolute atomic E-state index is 11.7. The number of hydrogen-bond donors (Lipinski definition) is 2. The molecule has 0 saturated heterocycles. The number of nitrogens with two attached hydrogens (primary N) is 1. The van der Waals surface area contributed by atoms with Crippen LogP contribution in [0.2, 0.25) is 0 Å². The number of amides is 1. The third-order valence-corrected chi connectivity index (χ3v) is 2.55. The van der Waals surface area contributed by atoms with E-state index in [0.717, 1.165) is 5.56 Å². The summed E-state index contributed by atoms with van der Waals surface area (Å²) in [5, 5.41) is 6.90. The number of ether oxygens (including phenoxy) is 1. The zero-order valence-corrected chi connectivity index (χ0v) is 10.5. The van der Waals surface area contributed by atoms with Gasteiger partial charge in [-0.2, -0.15) is 5.10 Å². The highest BCUT2D eigenvalue weighted by Crippen LogP contribution is 2.10. The van der Waals surface area contributed by atoms with Crippen molar-refractivity contribution in [3.05, 3.63) is 18.0 Å². The number of carbonyl (C=O) groups excluding carboxylic acids is 1. The molecule has 0 saturated carbocycles. The van der Waals surface area contributed by atoms with Crippen LogP contribution in [-0.2, 0) is 16.6 Å². The molecule has 2 unspecified atom stereocenters. The molecule has 0 bridgehead atoms. The maximum atomic E-state index is 11.7. The third kappa shape index (κ3) is 4.16. The fourth-order valence-electron chi connectivity index (χ4n) is 1.44. The van der Waals surface area contributed by atoms with E-state index >= 15 is 0 Å². The highest BCUT2D eigenvalue weighted by atomic mass is 16.5. The molecule has 96 valence electrons. The molecule has 1 aromatic heterocycles. The van der Waals surface area contributed by atoms with E-state index in [1.54, 1.807) is 18.0 Å². The topological polar surface area (TPSA) is 82.2 Å². The highest BCUT2D eigenvalue weighted by molar-refractivity contribution is 5.81. The van der Waals surface area contributed by atoms with Crippen LogP contribution in [0.5, 0.6) is 0 Å². The van der Waals surface area contributed by atoms with Gasteiger partial charge in [-0.15, -0.1) is 0 Å². The zero-order chi connectivity index (χ0) is 12.8. The first-order valence-corrected chi connectivity index (χ1v) is 5.58. The minimum Gasteiger partial charge on any atom is -0.385 e. The Kier molecular flexibility index (Phi) is 5.11. The number of aromatic nitrogens is 2. The van der Waals surface area contributed by atoms with Crippen LogP contribution < -0.4 is 11.1 Å². The van der Waals surface area contributed by atoms with Crippen molar-refractivity contribution in [2.45, 2.75) is 25.4 Å². The average molecular weight is 240 g/mol. The van der Waals surface area contributed by atoms with Crippen molar-refractivity contribution in [1.82, 2.24) is 15.1 Å². The lowest BCUT2D eigenvalue weighted by molar-refractivity contribution is -0.123. The Hall–Kier alpha value is -1.40. The molecule has 17 heavy (non-hydrogen) atoms. The minimum atomic E-state index is -0.533. The molecule has 6 nitrogen and oxygen atoms in total. The molecule has 0 aromatic carbocycles. The van der Waals surface area contributed by atoms with Gasteiger partial charge in [0.05, 0.1) is 18.3 Å². The second-order valence-corrected chi connectivity index (χ2v) is 4.07. The lowest BCUT2D eigenvalue weighted by Gasteiger charge is -2.16. The van der Waals surface area contributed by atoms with Crippen LogP contribution in [0.15, 0.2) is 12.4 Å². The largest absolute Gasteiger partial charge is 0.385 e. The molecule has 1 aromatic rings. The average Bonchev–Trinajstić information content (AvgIpc) is 2.72. The number of aryl methyl sites for hydroxylation is 1. The monoisotopic (exact) mass is 240 g/mol. The fourth-order valence-corrected chi connectivity index (χ4v) is 1.44. The van der Waals surface area contributed by atoms with Crippen LogP contribution in [0.25, 0.3) is 0 Å². The van der Waals surface area contributed by atoms with Gasteiger partial charge < -0.3 is 15.8 Å². The Balaban J connectivity index is 2.45. The van der Waals surface area contributed by atoms with E-state index in [1.165, 1.54) is 0 Å². The summed E-state index contributed by atoms with van der Waals surface area (Å²) in [5.74, 6) is -0.168.